The second-order valence-corrected chi connectivity index (χ2v) is 5.14. The van der Waals surface area contributed by atoms with Crippen LogP contribution >= 0.6 is 0 Å². The van der Waals surface area contributed by atoms with Gasteiger partial charge in [-0.1, -0.05) is 13.8 Å². The molecule has 18 heavy (non-hydrogen) atoms. The molecule has 0 radical (unpaired) electrons. The Kier molecular flexibility index (Phi) is 2.54. The number of hydrogen-bond acceptors (Lipinski definition) is 2. The quantitative estimate of drug-likeness (QED) is 0.743. The number of likely N-dealkylation sites (N-methyl/N-ethyl adjacent to an activating group) is 4. The minimum atomic E-state index is -0.584. The predicted molar refractivity (Wildman–Crippen MR) is 67.9 cm³/mol. The minimum Gasteiger partial charge on any atom is -0.300 e. The number of nitrogens with zero attached hydrogens (tertiary/aromatic N) is 4. The number of hydrogen-bond donors (Lipinski definition) is 0. The number of amides is 4. The van der Waals surface area contributed by atoms with Gasteiger partial charge in [-0.15, -0.1) is 0 Å². The Balaban J connectivity index is 2.73. The number of carbonyl (C=O) groups excluding carboxylic acids is 2. The molecule has 102 valence electrons. The van der Waals surface area contributed by atoms with Gasteiger partial charge in [-0.2, -0.15) is 0 Å². The summed E-state index contributed by atoms with van der Waals surface area (Å²) in [5.41, 5.74) is -1.17. The van der Waals surface area contributed by atoms with E-state index in [0.29, 0.717) is 12.8 Å². The Bertz CT molecular complexity index is 347. The van der Waals surface area contributed by atoms with Gasteiger partial charge in [0.15, 0.2) is 11.3 Å². The highest BCUT2D eigenvalue weighted by atomic mass is 16.2. The van der Waals surface area contributed by atoms with Crippen LogP contribution in [0.3, 0.4) is 0 Å². The van der Waals surface area contributed by atoms with Crippen molar-refractivity contribution in [1.29, 1.82) is 0 Å². The molecule has 6 nitrogen and oxygen atoms in total. The van der Waals surface area contributed by atoms with Gasteiger partial charge in [-0.25, -0.2) is 9.59 Å². The largest absolute Gasteiger partial charge is 0.323 e. The number of carbonyl (C=O) groups is 2. The molecule has 2 rings (SSSR count). The van der Waals surface area contributed by atoms with E-state index in [-0.39, 0.29) is 12.1 Å². The van der Waals surface area contributed by atoms with Gasteiger partial charge in [0.2, 0.25) is 0 Å². The first-order valence-corrected chi connectivity index (χ1v) is 6.36. The summed E-state index contributed by atoms with van der Waals surface area (Å²) in [4.78, 5) is 31.5. The monoisotopic (exact) mass is 254 g/mol. The second kappa shape index (κ2) is 3.52. The third-order valence-electron chi connectivity index (χ3n) is 4.99. The summed E-state index contributed by atoms with van der Waals surface area (Å²) in [6.45, 7) is 4.05. The maximum atomic E-state index is 12.3. The first kappa shape index (κ1) is 13.0. The molecule has 2 fully saturated rings. The fraction of sp³-hybridized carbons (Fsp3) is 0.833. The highest BCUT2D eigenvalue weighted by molar-refractivity contribution is 5.87. The van der Waals surface area contributed by atoms with Crippen molar-refractivity contribution in [2.45, 2.75) is 38.0 Å². The van der Waals surface area contributed by atoms with Crippen molar-refractivity contribution in [1.82, 2.24) is 19.6 Å². The normalized spacial score (nSPS) is 35.9. The average Bonchev–Trinajstić information content (AvgIpc) is 2.65. The van der Waals surface area contributed by atoms with E-state index < -0.39 is 11.3 Å². The van der Waals surface area contributed by atoms with Crippen molar-refractivity contribution in [2.24, 2.45) is 0 Å². The number of urea groups is 2. The summed E-state index contributed by atoms with van der Waals surface area (Å²) < 4.78 is 0. The standard InChI is InChI=1S/C12H22N4O2/c1-7-11-12(8-2,15(5)9(17)13(11)3)16(6)10(18)14(11)4/h7-8H2,1-6H3. The van der Waals surface area contributed by atoms with Crippen LogP contribution in [0.25, 0.3) is 0 Å². The van der Waals surface area contributed by atoms with Gasteiger partial charge < -0.3 is 19.6 Å². The lowest BCUT2D eigenvalue weighted by atomic mass is 9.87. The SMILES string of the molecule is CCC12N(C)C(=O)N(C)C1(CC)N(C)C(=O)N2C. The van der Waals surface area contributed by atoms with Crippen molar-refractivity contribution < 1.29 is 9.59 Å². The lowest BCUT2D eigenvalue weighted by Crippen LogP contribution is -2.65. The molecular formula is C12H22N4O2. The molecule has 2 aliphatic heterocycles. The molecule has 0 unspecified atom stereocenters. The van der Waals surface area contributed by atoms with Crippen molar-refractivity contribution in [3.8, 4) is 0 Å². The van der Waals surface area contributed by atoms with Crippen LogP contribution in [-0.4, -0.2) is 71.2 Å². The Hall–Kier alpha value is -1.46. The molecule has 0 aromatic carbocycles. The molecule has 0 aromatic heterocycles. The maximum absolute atomic E-state index is 12.3. The van der Waals surface area contributed by atoms with E-state index in [1.807, 2.05) is 13.8 Å². The molecule has 0 spiro atoms. The van der Waals surface area contributed by atoms with Crippen LogP contribution in [0.4, 0.5) is 9.59 Å². The van der Waals surface area contributed by atoms with E-state index in [2.05, 4.69) is 0 Å². The van der Waals surface area contributed by atoms with Crippen molar-refractivity contribution >= 4 is 12.1 Å². The van der Waals surface area contributed by atoms with Crippen molar-refractivity contribution in [3.05, 3.63) is 0 Å². The van der Waals surface area contributed by atoms with E-state index in [0.717, 1.165) is 0 Å². The molecule has 0 saturated carbocycles. The average molecular weight is 254 g/mol. The Labute approximate surface area is 108 Å². The van der Waals surface area contributed by atoms with E-state index in [9.17, 15) is 9.59 Å². The van der Waals surface area contributed by atoms with E-state index in [1.165, 1.54) is 0 Å². The molecule has 0 aliphatic carbocycles. The molecule has 0 N–H and O–H groups in total. The summed E-state index contributed by atoms with van der Waals surface area (Å²) in [7, 11) is 7.12. The third-order valence-corrected chi connectivity index (χ3v) is 4.99. The lowest BCUT2D eigenvalue weighted by Gasteiger charge is -2.46. The van der Waals surface area contributed by atoms with Crippen LogP contribution in [-0.2, 0) is 0 Å². The van der Waals surface area contributed by atoms with Crippen LogP contribution in [0.2, 0.25) is 0 Å². The number of rotatable bonds is 2. The zero-order valence-electron chi connectivity index (χ0n) is 12.0. The van der Waals surface area contributed by atoms with Gasteiger partial charge in [0.25, 0.3) is 0 Å². The van der Waals surface area contributed by atoms with Crippen LogP contribution < -0.4 is 0 Å². The maximum Gasteiger partial charge on any atom is 0.323 e. The Morgan fingerprint density at radius 3 is 1.11 bits per heavy atom. The molecule has 6 heteroatoms. The summed E-state index contributed by atoms with van der Waals surface area (Å²) in [5.74, 6) is 0. The van der Waals surface area contributed by atoms with Gasteiger partial charge in [0.1, 0.15) is 0 Å². The third kappa shape index (κ3) is 0.930. The first-order chi connectivity index (χ1) is 8.32. The molecule has 0 bridgehead atoms. The van der Waals surface area contributed by atoms with Crippen LogP contribution in [0.15, 0.2) is 0 Å². The molecular weight excluding hydrogens is 232 g/mol. The highest BCUT2D eigenvalue weighted by Gasteiger charge is 2.73. The van der Waals surface area contributed by atoms with Gasteiger partial charge in [-0.3, -0.25) is 0 Å². The molecule has 2 aliphatic rings. The van der Waals surface area contributed by atoms with E-state index >= 15 is 0 Å². The van der Waals surface area contributed by atoms with Gasteiger partial charge in [-0.05, 0) is 12.8 Å². The fourth-order valence-electron chi connectivity index (χ4n) is 4.12. The fourth-order valence-corrected chi connectivity index (χ4v) is 4.12. The molecule has 0 aromatic rings. The van der Waals surface area contributed by atoms with E-state index in [4.69, 9.17) is 0 Å². The van der Waals surface area contributed by atoms with E-state index in [1.54, 1.807) is 47.8 Å². The summed E-state index contributed by atoms with van der Waals surface area (Å²) >= 11 is 0. The molecule has 2 saturated heterocycles. The van der Waals surface area contributed by atoms with Gasteiger partial charge in [0.05, 0.1) is 0 Å². The molecule has 4 amide bonds. The Morgan fingerprint density at radius 1 is 0.722 bits per heavy atom. The van der Waals surface area contributed by atoms with Crippen LogP contribution in [0, 0.1) is 0 Å². The zero-order valence-corrected chi connectivity index (χ0v) is 12.0. The van der Waals surface area contributed by atoms with Gasteiger partial charge >= 0.3 is 12.1 Å². The molecule has 0 atom stereocenters. The summed E-state index contributed by atoms with van der Waals surface area (Å²) in [6.07, 6.45) is 1.42. The van der Waals surface area contributed by atoms with Crippen LogP contribution in [0.1, 0.15) is 26.7 Å². The van der Waals surface area contributed by atoms with Crippen LogP contribution in [0.5, 0.6) is 0 Å². The first-order valence-electron chi connectivity index (χ1n) is 6.36. The molecule has 2 heterocycles. The smallest absolute Gasteiger partial charge is 0.300 e. The van der Waals surface area contributed by atoms with Crippen molar-refractivity contribution in [3.63, 3.8) is 0 Å². The lowest BCUT2D eigenvalue weighted by molar-refractivity contribution is -0.0427. The summed E-state index contributed by atoms with van der Waals surface area (Å²) in [6, 6.07) is -0.0743. The minimum absolute atomic E-state index is 0.0371. The summed E-state index contributed by atoms with van der Waals surface area (Å²) in [5, 5.41) is 0. The highest BCUT2D eigenvalue weighted by Crippen LogP contribution is 2.52. The second-order valence-electron chi connectivity index (χ2n) is 5.14. The topological polar surface area (TPSA) is 47.1 Å². The number of fused-ring (bicyclic) bond motifs is 1. The zero-order chi connectivity index (χ0) is 13.9. The van der Waals surface area contributed by atoms with Crippen molar-refractivity contribution in [2.75, 3.05) is 28.2 Å². The van der Waals surface area contributed by atoms with Gasteiger partial charge in [0, 0.05) is 28.2 Å². The predicted octanol–water partition coefficient (Wildman–Crippen LogP) is 1.19. The Morgan fingerprint density at radius 2 is 0.944 bits per heavy atom.